The van der Waals surface area contributed by atoms with Crippen LogP contribution in [0.1, 0.15) is 21.5 Å². The number of carbonyl (C=O) groups excluding carboxylic acids is 1. The van der Waals surface area contributed by atoms with Gasteiger partial charge in [-0.2, -0.15) is 0 Å². The standard InChI is InChI=1S/C14H14FN3O/c1-8-4-3-5-12(9(8)2)18-14(19)11-6-10(15)7-17-13(11)16/h3-7H,1-2H3,(H2,16,17)(H,18,19). The number of benzene rings is 1. The molecule has 4 nitrogen and oxygen atoms in total. The first-order valence-corrected chi connectivity index (χ1v) is 5.77. The Labute approximate surface area is 110 Å². The fourth-order valence-electron chi connectivity index (χ4n) is 1.71. The maximum absolute atomic E-state index is 13.1. The molecule has 0 aliphatic carbocycles. The molecule has 2 rings (SSSR count). The number of nitrogens with two attached hydrogens (primary N) is 1. The summed E-state index contributed by atoms with van der Waals surface area (Å²) >= 11 is 0. The number of hydrogen-bond acceptors (Lipinski definition) is 3. The molecule has 0 fully saturated rings. The van der Waals surface area contributed by atoms with Crippen LogP contribution in [0.4, 0.5) is 15.9 Å². The van der Waals surface area contributed by atoms with E-state index < -0.39 is 11.7 Å². The van der Waals surface area contributed by atoms with Gasteiger partial charge in [0.2, 0.25) is 0 Å². The second-order valence-corrected chi connectivity index (χ2v) is 4.29. The number of nitrogens with zero attached hydrogens (tertiary/aromatic N) is 1. The van der Waals surface area contributed by atoms with E-state index in [9.17, 15) is 9.18 Å². The third-order valence-corrected chi connectivity index (χ3v) is 2.98. The van der Waals surface area contributed by atoms with Gasteiger partial charge < -0.3 is 11.1 Å². The van der Waals surface area contributed by atoms with Crippen molar-refractivity contribution < 1.29 is 9.18 Å². The molecule has 0 atom stereocenters. The van der Waals surface area contributed by atoms with Gasteiger partial charge >= 0.3 is 0 Å². The molecule has 1 heterocycles. The van der Waals surface area contributed by atoms with Crippen LogP contribution >= 0.6 is 0 Å². The van der Waals surface area contributed by atoms with E-state index in [1.54, 1.807) is 6.07 Å². The van der Waals surface area contributed by atoms with Crippen molar-refractivity contribution in [3.05, 3.63) is 53.0 Å². The lowest BCUT2D eigenvalue weighted by Gasteiger charge is -2.11. The molecule has 3 N–H and O–H groups in total. The first-order valence-electron chi connectivity index (χ1n) is 5.77. The molecule has 0 spiro atoms. The summed E-state index contributed by atoms with van der Waals surface area (Å²) in [6.45, 7) is 3.85. The molecular weight excluding hydrogens is 245 g/mol. The van der Waals surface area contributed by atoms with Gasteiger partial charge in [-0.25, -0.2) is 9.37 Å². The second kappa shape index (κ2) is 5.06. The average molecular weight is 259 g/mol. The Morgan fingerprint density at radius 2 is 2.11 bits per heavy atom. The summed E-state index contributed by atoms with van der Waals surface area (Å²) in [5.41, 5.74) is 8.29. The zero-order valence-corrected chi connectivity index (χ0v) is 10.7. The number of halogens is 1. The molecule has 5 heteroatoms. The number of rotatable bonds is 2. The van der Waals surface area contributed by atoms with Crippen molar-refractivity contribution in [3.63, 3.8) is 0 Å². The molecule has 1 amide bonds. The predicted molar refractivity (Wildman–Crippen MR) is 72.5 cm³/mol. The van der Waals surface area contributed by atoms with Crippen molar-refractivity contribution in [2.24, 2.45) is 0 Å². The molecule has 1 aromatic carbocycles. The molecule has 0 aliphatic heterocycles. The Balaban J connectivity index is 2.31. The highest BCUT2D eigenvalue weighted by Gasteiger charge is 2.13. The van der Waals surface area contributed by atoms with Crippen molar-refractivity contribution in [2.75, 3.05) is 11.1 Å². The number of nitrogens with one attached hydrogen (secondary N) is 1. The van der Waals surface area contributed by atoms with Crippen LogP contribution in [0.25, 0.3) is 0 Å². The van der Waals surface area contributed by atoms with Crippen molar-refractivity contribution in [1.82, 2.24) is 4.98 Å². The maximum Gasteiger partial charge on any atom is 0.259 e. The van der Waals surface area contributed by atoms with Gasteiger partial charge in [-0.1, -0.05) is 12.1 Å². The van der Waals surface area contributed by atoms with Crippen LogP contribution < -0.4 is 11.1 Å². The number of aromatic nitrogens is 1. The van der Waals surface area contributed by atoms with E-state index in [4.69, 9.17) is 5.73 Å². The van der Waals surface area contributed by atoms with Gasteiger partial charge in [-0.3, -0.25) is 4.79 Å². The van der Waals surface area contributed by atoms with E-state index in [0.29, 0.717) is 5.69 Å². The quantitative estimate of drug-likeness (QED) is 0.871. The molecule has 2 aromatic rings. The van der Waals surface area contributed by atoms with Gasteiger partial charge in [0.1, 0.15) is 11.6 Å². The van der Waals surface area contributed by atoms with E-state index in [1.165, 1.54) is 0 Å². The molecule has 0 unspecified atom stereocenters. The average Bonchev–Trinajstić information content (AvgIpc) is 2.38. The number of hydrogen-bond donors (Lipinski definition) is 2. The molecule has 19 heavy (non-hydrogen) atoms. The minimum atomic E-state index is -0.597. The Morgan fingerprint density at radius 3 is 2.84 bits per heavy atom. The van der Waals surface area contributed by atoms with E-state index >= 15 is 0 Å². The summed E-state index contributed by atoms with van der Waals surface area (Å²) in [5.74, 6) is -1.07. The van der Waals surface area contributed by atoms with Crippen LogP contribution in [-0.2, 0) is 0 Å². The predicted octanol–water partition coefficient (Wildman–Crippen LogP) is 2.67. The van der Waals surface area contributed by atoms with Gasteiger partial charge in [0.25, 0.3) is 5.91 Å². The molecule has 0 bridgehead atoms. The van der Waals surface area contributed by atoms with Crippen LogP contribution in [-0.4, -0.2) is 10.9 Å². The van der Waals surface area contributed by atoms with Crippen molar-refractivity contribution >= 4 is 17.4 Å². The minimum absolute atomic E-state index is 0.00389. The summed E-state index contributed by atoms with van der Waals surface area (Å²) in [6, 6.07) is 6.64. The third-order valence-electron chi connectivity index (χ3n) is 2.98. The molecule has 1 aromatic heterocycles. The number of pyridine rings is 1. The molecule has 0 radical (unpaired) electrons. The largest absolute Gasteiger partial charge is 0.383 e. The summed E-state index contributed by atoms with van der Waals surface area (Å²) in [6.07, 6.45) is 0.976. The molecular formula is C14H14FN3O. The fraction of sp³-hybridized carbons (Fsp3) is 0.143. The lowest BCUT2D eigenvalue weighted by Crippen LogP contribution is -2.16. The zero-order valence-electron chi connectivity index (χ0n) is 10.7. The second-order valence-electron chi connectivity index (χ2n) is 4.29. The fourth-order valence-corrected chi connectivity index (χ4v) is 1.71. The first-order chi connectivity index (χ1) is 8.99. The third kappa shape index (κ3) is 2.70. The lowest BCUT2D eigenvalue weighted by molar-refractivity contribution is 0.102. The first kappa shape index (κ1) is 13.0. The number of amides is 1. The number of carbonyl (C=O) groups is 1. The Hall–Kier alpha value is -2.43. The number of anilines is 2. The number of aryl methyl sites for hydroxylation is 1. The van der Waals surface area contributed by atoms with Gasteiger partial charge in [0.15, 0.2) is 0 Å². The van der Waals surface area contributed by atoms with Gasteiger partial charge in [-0.15, -0.1) is 0 Å². The van der Waals surface area contributed by atoms with Crippen LogP contribution in [0.3, 0.4) is 0 Å². The topological polar surface area (TPSA) is 68.0 Å². The van der Waals surface area contributed by atoms with Crippen LogP contribution in [0.5, 0.6) is 0 Å². The summed E-state index contributed by atoms with van der Waals surface area (Å²) in [5, 5.41) is 2.71. The highest BCUT2D eigenvalue weighted by molar-refractivity contribution is 6.07. The SMILES string of the molecule is Cc1cccc(NC(=O)c2cc(F)cnc2N)c1C. The highest BCUT2D eigenvalue weighted by atomic mass is 19.1. The maximum atomic E-state index is 13.1. The monoisotopic (exact) mass is 259 g/mol. The Bertz CT molecular complexity index is 641. The van der Waals surface area contributed by atoms with Crippen LogP contribution in [0.15, 0.2) is 30.5 Å². The van der Waals surface area contributed by atoms with Gasteiger partial charge in [0.05, 0.1) is 11.8 Å². The van der Waals surface area contributed by atoms with E-state index in [2.05, 4.69) is 10.3 Å². The lowest BCUT2D eigenvalue weighted by atomic mass is 10.1. The van der Waals surface area contributed by atoms with E-state index in [1.807, 2.05) is 26.0 Å². The molecule has 0 aliphatic rings. The normalized spacial score (nSPS) is 10.3. The summed E-state index contributed by atoms with van der Waals surface area (Å²) < 4.78 is 13.1. The summed E-state index contributed by atoms with van der Waals surface area (Å²) in [4.78, 5) is 15.7. The van der Waals surface area contributed by atoms with E-state index in [0.717, 1.165) is 23.4 Å². The number of nitrogen functional groups attached to an aromatic ring is 1. The van der Waals surface area contributed by atoms with Crippen molar-refractivity contribution in [3.8, 4) is 0 Å². The van der Waals surface area contributed by atoms with E-state index in [-0.39, 0.29) is 11.4 Å². The van der Waals surface area contributed by atoms with Crippen LogP contribution in [0.2, 0.25) is 0 Å². The van der Waals surface area contributed by atoms with Crippen molar-refractivity contribution in [1.29, 1.82) is 0 Å². The zero-order chi connectivity index (χ0) is 14.0. The molecule has 0 saturated carbocycles. The van der Waals surface area contributed by atoms with Gasteiger partial charge in [-0.05, 0) is 37.1 Å². The Kier molecular flexibility index (Phi) is 3.46. The molecule has 0 saturated heterocycles. The smallest absolute Gasteiger partial charge is 0.259 e. The van der Waals surface area contributed by atoms with Crippen LogP contribution in [0, 0.1) is 19.7 Å². The van der Waals surface area contributed by atoms with Crippen molar-refractivity contribution in [2.45, 2.75) is 13.8 Å². The summed E-state index contributed by atoms with van der Waals surface area (Å²) in [7, 11) is 0. The Morgan fingerprint density at radius 1 is 1.37 bits per heavy atom. The minimum Gasteiger partial charge on any atom is -0.383 e. The van der Waals surface area contributed by atoms with Gasteiger partial charge in [0, 0.05) is 5.69 Å². The highest BCUT2D eigenvalue weighted by Crippen LogP contribution is 2.20. The molecule has 98 valence electrons.